The SMILES string of the molecule is [2H]OC1[C@@H](COP(OCC[N+]#[C-])N(C(C)C)C(C)C)O[C@@H](B)[C@H]1O[Si](C)(C)C(C)(C)C. The van der Waals surface area contributed by atoms with Crippen molar-refractivity contribution in [3.05, 3.63) is 11.4 Å². The standard InChI is InChI=1S/C20H42BN2O5PSi/c1-14(2)23(15(3)4)29(25-12-11-22-8)26-13-16-17(24)18(19(21)27-16)28-30(9,10)20(5,6)7/h14-19,24H,11-13,21H2,1-7,9-10H3/t16-,17?,18+,19-,29?/m1/s1/i24D. The summed E-state index contributed by atoms with van der Waals surface area (Å²) in [5, 5.41) is 5.16. The summed E-state index contributed by atoms with van der Waals surface area (Å²) in [5.74, 6) is 0. The highest BCUT2D eigenvalue weighted by molar-refractivity contribution is 7.44. The van der Waals surface area contributed by atoms with Gasteiger partial charge in [0.1, 0.15) is 26.7 Å². The first-order valence-corrected chi connectivity index (χ1v) is 14.9. The maximum Gasteiger partial charge on any atom is 0.259 e. The number of rotatable bonds is 12. The van der Waals surface area contributed by atoms with Gasteiger partial charge in [0, 0.05) is 12.1 Å². The second-order valence-corrected chi connectivity index (χ2v) is 16.2. The molecular weight excluding hydrogens is 418 g/mol. The lowest BCUT2D eigenvalue weighted by atomic mass is 9.93. The predicted molar refractivity (Wildman–Crippen MR) is 128 cm³/mol. The lowest BCUT2D eigenvalue weighted by molar-refractivity contribution is -0.00558. The third-order valence-electron chi connectivity index (χ3n) is 5.78. The van der Waals surface area contributed by atoms with Crippen LogP contribution in [0.25, 0.3) is 4.85 Å². The number of aliphatic hydroxyl groups excluding tert-OH is 1. The highest BCUT2D eigenvalue weighted by Gasteiger charge is 2.48. The monoisotopic (exact) mass is 461 g/mol. The van der Waals surface area contributed by atoms with Crippen molar-refractivity contribution in [1.29, 1.82) is 1.43 Å². The molecule has 0 spiro atoms. The first-order valence-electron chi connectivity index (χ1n) is 11.3. The Morgan fingerprint density at radius 1 is 1.27 bits per heavy atom. The van der Waals surface area contributed by atoms with Crippen LogP contribution in [-0.4, -0.2) is 83.5 Å². The second-order valence-electron chi connectivity index (χ2n) is 10.0. The van der Waals surface area contributed by atoms with Gasteiger partial charge in [0.15, 0.2) is 8.32 Å². The molecule has 0 aromatic heterocycles. The zero-order valence-corrected chi connectivity index (χ0v) is 22.4. The topological polar surface area (TPSA) is 64.8 Å². The summed E-state index contributed by atoms with van der Waals surface area (Å²) in [5.41, 5.74) is 0. The number of aliphatic hydroxyl groups is 1. The minimum atomic E-state index is -2.05. The van der Waals surface area contributed by atoms with Gasteiger partial charge in [0.05, 0.1) is 18.7 Å². The van der Waals surface area contributed by atoms with E-state index in [1.54, 1.807) is 0 Å². The molecule has 1 N–H and O–H groups in total. The van der Waals surface area contributed by atoms with Crippen LogP contribution in [0.2, 0.25) is 18.1 Å². The Morgan fingerprint density at radius 3 is 2.33 bits per heavy atom. The van der Waals surface area contributed by atoms with E-state index in [9.17, 15) is 0 Å². The summed E-state index contributed by atoms with van der Waals surface area (Å²) >= 11 is 0. The molecule has 1 saturated heterocycles. The van der Waals surface area contributed by atoms with E-state index in [-0.39, 0.29) is 35.8 Å². The summed E-state index contributed by atoms with van der Waals surface area (Å²) in [4.78, 5) is 3.37. The molecule has 7 nitrogen and oxygen atoms in total. The number of hydrogen-bond donors (Lipinski definition) is 1. The van der Waals surface area contributed by atoms with Gasteiger partial charge in [-0.15, -0.1) is 0 Å². The summed E-state index contributed by atoms with van der Waals surface area (Å²) in [6.45, 7) is 27.2. The molecule has 0 saturated carbocycles. The van der Waals surface area contributed by atoms with Crippen LogP contribution in [0.4, 0.5) is 0 Å². The largest absolute Gasteiger partial charge is 0.409 e. The highest BCUT2D eigenvalue weighted by Crippen LogP contribution is 2.46. The van der Waals surface area contributed by atoms with Crippen LogP contribution in [0.3, 0.4) is 0 Å². The van der Waals surface area contributed by atoms with Crippen molar-refractivity contribution in [2.24, 2.45) is 0 Å². The minimum absolute atomic E-state index is 0.0496. The van der Waals surface area contributed by atoms with Crippen LogP contribution >= 0.6 is 8.53 Å². The van der Waals surface area contributed by atoms with Crippen molar-refractivity contribution < 1.29 is 23.3 Å². The summed E-state index contributed by atoms with van der Waals surface area (Å²) in [6, 6.07) is 0.249. The van der Waals surface area contributed by atoms with E-state index >= 15 is 0 Å². The average Bonchev–Trinajstić information content (AvgIpc) is 2.92. The molecule has 1 rings (SSSR count). The highest BCUT2D eigenvalue weighted by atomic mass is 31.2. The van der Waals surface area contributed by atoms with E-state index in [2.05, 4.69) is 71.1 Å². The van der Waals surface area contributed by atoms with E-state index in [1.165, 1.54) is 0 Å². The molecule has 0 aromatic rings. The third kappa shape index (κ3) is 7.53. The van der Waals surface area contributed by atoms with Crippen molar-refractivity contribution in [3.63, 3.8) is 0 Å². The first kappa shape index (κ1) is 26.2. The van der Waals surface area contributed by atoms with Crippen molar-refractivity contribution >= 4 is 24.7 Å². The zero-order valence-electron chi connectivity index (χ0n) is 21.5. The van der Waals surface area contributed by atoms with Crippen molar-refractivity contribution in [3.8, 4) is 0 Å². The van der Waals surface area contributed by atoms with Gasteiger partial charge >= 0.3 is 0 Å². The molecule has 1 heterocycles. The Hall–Kier alpha value is -0.0382. The Morgan fingerprint density at radius 2 is 1.87 bits per heavy atom. The van der Waals surface area contributed by atoms with Gasteiger partial charge in [-0.1, -0.05) is 20.8 Å². The second kappa shape index (κ2) is 11.7. The Bertz CT molecular complexity index is 583. The van der Waals surface area contributed by atoms with E-state index in [0.717, 1.165) is 0 Å². The van der Waals surface area contributed by atoms with Crippen LogP contribution in [-0.2, 0) is 18.2 Å². The van der Waals surface area contributed by atoms with Gasteiger partial charge in [-0.25, -0.2) is 11.2 Å². The van der Waals surface area contributed by atoms with Gasteiger partial charge in [-0.2, -0.15) is 0 Å². The van der Waals surface area contributed by atoms with Gasteiger partial charge < -0.3 is 28.2 Å². The van der Waals surface area contributed by atoms with E-state index in [4.69, 9.17) is 31.3 Å². The summed E-state index contributed by atoms with van der Waals surface area (Å²) in [7, 11) is -1.46. The molecule has 0 bridgehead atoms. The molecule has 10 heteroatoms. The molecule has 5 atom stereocenters. The fourth-order valence-corrected chi connectivity index (χ4v) is 6.14. The molecule has 174 valence electrons. The molecule has 0 aliphatic carbocycles. The molecule has 1 aliphatic rings. The van der Waals surface area contributed by atoms with Crippen molar-refractivity contribution in [2.75, 3.05) is 19.8 Å². The smallest absolute Gasteiger partial charge is 0.259 e. The van der Waals surface area contributed by atoms with Crippen LogP contribution in [0, 0.1) is 6.57 Å². The molecular formula is C20H42BN2O5PSi. The first-order chi connectivity index (χ1) is 14.3. The normalized spacial score (nSPS) is 27.0. The van der Waals surface area contributed by atoms with Crippen LogP contribution in [0.1, 0.15) is 48.5 Å². The maximum atomic E-state index is 7.69. The van der Waals surface area contributed by atoms with Gasteiger partial charge in [0.2, 0.25) is 7.98 Å². The van der Waals surface area contributed by atoms with Gasteiger partial charge in [-0.05, 0) is 45.8 Å². The summed E-state index contributed by atoms with van der Waals surface area (Å²) < 4.78 is 34.7. The lowest BCUT2D eigenvalue weighted by Gasteiger charge is -2.39. The zero-order chi connectivity index (χ0) is 24.0. The third-order valence-corrected chi connectivity index (χ3v) is 12.3. The van der Waals surface area contributed by atoms with Crippen molar-refractivity contribution in [1.82, 2.24) is 4.67 Å². The van der Waals surface area contributed by atoms with Gasteiger partial charge in [0.25, 0.3) is 8.53 Å². The molecule has 2 unspecified atom stereocenters. The van der Waals surface area contributed by atoms with E-state index < -0.39 is 29.1 Å². The minimum Gasteiger partial charge on any atom is -0.409 e. The van der Waals surface area contributed by atoms with E-state index in [0.29, 0.717) is 13.2 Å². The Balaban J connectivity index is 2.91. The quantitative estimate of drug-likeness (QED) is 0.208. The Labute approximate surface area is 188 Å². The molecule has 0 radical (unpaired) electrons. The van der Waals surface area contributed by atoms with Crippen molar-refractivity contribution in [2.45, 2.75) is 103 Å². The van der Waals surface area contributed by atoms with Crippen LogP contribution in [0.15, 0.2) is 0 Å². The molecule has 1 aliphatic heterocycles. The van der Waals surface area contributed by atoms with E-state index in [1.807, 2.05) is 7.85 Å². The number of ether oxygens (including phenoxy) is 1. The summed E-state index contributed by atoms with van der Waals surface area (Å²) in [6.07, 6.45) is -1.26. The number of hydrogen-bond acceptors (Lipinski definition) is 6. The lowest BCUT2D eigenvalue weighted by Crippen LogP contribution is -2.49. The van der Waals surface area contributed by atoms with Crippen LogP contribution < -0.4 is 0 Å². The predicted octanol–water partition coefficient (Wildman–Crippen LogP) is 3.39. The molecule has 30 heavy (non-hydrogen) atoms. The number of nitrogens with zero attached hydrogens (tertiary/aromatic N) is 2. The fraction of sp³-hybridized carbons (Fsp3) is 0.950. The maximum absolute atomic E-state index is 7.69. The Kier molecular flexibility index (Phi) is 10.2. The molecule has 1 fully saturated rings. The fourth-order valence-electron chi connectivity index (χ4n) is 3.17. The van der Waals surface area contributed by atoms with Gasteiger partial charge in [-0.3, -0.25) is 0 Å². The molecule has 0 amide bonds. The average molecular weight is 461 g/mol. The molecule has 0 aromatic carbocycles. The van der Waals surface area contributed by atoms with Crippen LogP contribution in [0.5, 0.6) is 0 Å².